The quantitative estimate of drug-likeness (QED) is 0.404. The van der Waals surface area contributed by atoms with Crippen molar-refractivity contribution in [2.75, 3.05) is 6.79 Å². The van der Waals surface area contributed by atoms with Gasteiger partial charge in [-0.2, -0.15) is 0 Å². The van der Waals surface area contributed by atoms with Crippen LogP contribution in [-0.2, 0) is 14.3 Å². The molecular formula is C9H17ClO3. The summed E-state index contributed by atoms with van der Waals surface area (Å²) in [6.07, 6.45) is 0.565. The third-order valence-corrected chi connectivity index (χ3v) is 1.79. The van der Waals surface area contributed by atoms with Crippen molar-refractivity contribution >= 4 is 17.6 Å². The maximum Gasteiger partial charge on any atom is 0.326 e. The highest BCUT2D eigenvalue weighted by Crippen LogP contribution is 2.08. The van der Waals surface area contributed by atoms with Crippen molar-refractivity contribution in [3.8, 4) is 0 Å². The normalized spacial score (nSPS) is 13.9. The molecule has 0 fully saturated rings. The Bertz CT molecular complexity index is 163. The molecule has 4 heteroatoms. The molecule has 0 saturated heterocycles. The number of alkyl halides is 1. The maximum atomic E-state index is 11.0. The summed E-state index contributed by atoms with van der Waals surface area (Å²) >= 11 is 5.64. The van der Waals surface area contributed by atoms with Crippen LogP contribution < -0.4 is 0 Å². The van der Waals surface area contributed by atoms with Crippen LogP contribution in [0.5, 0.6) is 0 Å². The zero-order chi connectivity index (χ0) is 10.5. The first kappa shape index (κ1) is 12.7. The molecule has 0 radical (unpaired) electrons. The van der Waals surface area contributed by atoms with Gasteiger partial charge in [0.05, 0.1) is 5.60 Å². The van der Waals surface area contributed by atoms with Crippen LogP contribution in [0.4, 0.5) is 0 Å². The van der Waals surface area contributed by atoms with E-state index in [1.807, 2.05) is 27.7 Å². The highest BCUT2D eigenvalue weighted by atomic mass is 35.5. The molecule has 0 aliphatic heterocycles. The Labute approximate surface area is 84.4 Å². The predicted molar refractivity (Wildman–Crippen MR) is 51.7 cm³/mol. The molecule has 0 spiro atoms. The lowest BCUT2D eigenvalue weighted by atomic mass is 10.2. The van der Waals surface area contributed by atoms with E-state index in [0.717, 1.165) is 0 Å². The summed E-state index contributed by atoms with van der Waals surface area (Å²) in [5, 5.41) is -0.566. The van der Waals surface area contributed by atoms with E-state index in [2.05, 4.69) is 0 Å². The Balaban J connectivity index is 3.60. The molecule has 13 heavy (non-hydrogen) atoms. The van der Waals surface area contributed by atoms with Gasteiger partial charge in [-0.1, -0.05) is 6.92 Å². The highest BCUT2D eigenvalue weighted by Gasteiger charge is 2.16. The Kier molecular flexibility index (Phi) is 5.33. The molecule has 0 aliphatic carbocycles. The molecule has 0 bridgehead atoms. The second-order valence-electron chi connectivity index (χ2n) is 3.71. The van der Waals surface area contributed by atoms with Crippen LogP contribution in [0, 0.1) is 0 Å². The van der Waals surface area contributed by atoms with Gasteiger partial charge in [0.1, 0.15) is 5.38 Å². The summed E-state index contributed by atoms with van der Waals surface area (Å²) < 4.78 is 9.97. The van der Waals surface area contributed by atoms with E-state index in [9.17, 15) is 4.79 Å². The van der Waals surface area contributed by atoms with Crippen LogP contribution in [0.2, 0.25) is 0 Å². The number of hydrogen-bond acceptors (Lipinski definition) is 3. The van der Waals surface area contributed by atoms with Crippen LogP contribution in [0.3, 0.4) is 0 Å². The average Bonchev–Trinajstić information content (AvgIpc) is 2.00. The highest BCUT2D eigenvalue weighted by molar-refractivity contribution is 6.29. The number of rotatable bonds is 4. The lowest BCUT2D eigenvalue weighted by Gasteiger charge is -2.19. The maximum absolute atomic E-state index is 11.0. The number of esters is 1. The van der Waals surface area contributed by atoms with Crippen molar-refractivity contribution in [1.29, 1.82) is 0 Å². The Morgan fingerprint density at radius 1 is 1.46 bits per heavy atom. The minimum atomic E-state index is -0.566. The van der Waals surface area contributed by atoms with Gasteiger partial charge in [0.25, 0.3) is 0 Å². The SMILES string of the molecule is CCC(Cl)C(=O)OCOC(C)(C)C. The lowest BCUT2D eigenvalue weighted by molar-refractivity contribution is -0.166. The van der Waals surface area contributed by atoms with E-state index in [1.165, 1.54) is 0 Å². The van der Waals surface area contributed by atoms with Crippen molar-refractivity contribution in [2.24, 2.45) is 0 Å². The molecule has 0 aromatic rings. The third kappa shape index (κ3) is 6.84. The molecular weight excluding hydrogens is 192 g/mol. The van der Waals surface area contributed by atoms with Gasteiger partial charge in [0.15, 0.2) is 6.79 Å². The van der Waals surface area contributed by atoms with Gasteiger partial charge in [0.2, 0.25) is 0 Å². The number of carbonyl (C=O) groups excluding carboxylic acids is 1. The zero-order valence-corrected chi connectivity index (χ0v) is 9.35. The Hall–Kier alpha value is -0.280. The Morgan fingerprint density at radius 3 is 2.38 bits per heavy atom. The summed E-state index contributed by atoms with van der Waals surface area (Å²) in [4.78, 5) is 11.0. The minimum absolute atomic E-state index is 0.0362. The number of ether oxygens (including phenoxy) is 2. The van der Waals surface area contributed by atoms with E-state index in [0.29, 0.717) is 6.42 Å². The summed E-state index contributed by atoms with van der Waals surface area (Å²) in [5.41, 5.74) is -0.297. The molecule has 0 heterocycles. The van der Waals surface area contributed by atoms with Crippen molar-refractivity contribution in [3.05, 3.63) is 0 Å². The fraction of sp³-hybridized carbons (Fsp3) is 0.889. The van der Waals surface area contributed by atoms with E-state index >= 15 is 0 Å². The summed E-state index contributed by atoms with van der Waals surface area (Å²) in [7, 11) is 0. The Morgan fingerprint density at radius 2 is 2.00 bits per heavy atom. The van der Waals surface area contributed by atoms with E-state index in [4.69, 9.17) is 21.1 Å². The molecule has 0 aromatic heterocycles. The molecule has 78 valence electrons. The van der Waals surface area contributed by atoms with E-state index in [1.54, 1.807) is 0 Å². The van der Waals surface area contributed by atoms with Crippen molar-refractivity contribution in [3.63, 3.8) is 0 Å². The van der Waals surface area contributed by atoms with Gasteiger partial charge >= 0.3 is 5.97 Å². The molecule has 3 nitrogen and oxygen atoms in total. The summed E-state index contributed by atoms with van der Waals surface area (Å²) in [6.45, 7) is 7.45. The largest absolute Gasteiger partial charge is 0.437 e. The molecule has 0 aromatic carbocycles. The topological polar surface area (TPSA) is 35.5 Å². The molecule has 1 atom stereocenters. The number of hydrogen-bond donors (Lipinski definition) is 0. The van der Waals surface area contributed by atoms with Gasteiger partial charge in [0, 0.05) is 0 Å². The van der Waals surface area contributed by atoms with Gasteiger partial charge in [-0.05, 0) is 27.2 Å². The molecule has 0 saturated carbocycles. The first-order chi connectivity index (χ1) is 5.87. The number of carbonyl (C=O) groups is 1. The van der Waals surface area contributed by atoms with Crippen LogP contribution in [0.15, 0.2) is 0 Å². The van der Waals surface area contributed by atoms with Crippen LogP contribution >= 0.6 is 11.6 Å². The van der Waals surface area contributed by atoms with Crippen LogP contribution in [0.1, 0.15) is 34.1 Å². The molecule has 1 unspecified atom stereocenters. The van der Waals surface area contributed by atoms with Gasteiger partial charge < -0.3 is 9.47 Å². The minimum Gasteiger partial charge on any atom is -0.437 e. The zero-order valence-electron chi connectivity index (χ0n) is 8.59. The molecule has 0 aliphatic rings. The van der Waals surface area contributed by atoms with Gasteiger partial charge in [-0.3, -0.25) is 4.79 Å². The fourth-order valence-electron chi connectivity index (χ4n) is 0.521. The van der Waals surface area contributed by atoms with Crippen LogP contribution in [-0.4, -0.2) is 23.7 Å². The molecule has 0 rings (SSSR count). The molecule has 0 N–H and O–H groups in total. The van der Waals surface area contributed by atoms with Crippen molar-refractivity contribution in [1.82, 2.24) is 0 Å². The predicted octanol–water partition coefficient (Wildman–Crippen LogP) is 2.32. The third-order valence-electron chi connectivity index (χ3n) is 1.31. The second-order valence-corrected chi connectivity index (χ2v) is 4.24. The average molecular weight is 209 g/mol. The number of halogens is 1. The first-order valence-corrected chi connectivity index (χ1v) is 4.75. The summed E-state index contributed by atoms with van der Waals surface area (Å²) in [5.74, 6) is -0.423. The molecule has 0 amide bonds. The standard InChI is InChI=1S/C9H17ClO3/c1-5-7(10)8(11)12-6-13-9(2,3)4/h7H,5-6H2,1-4H3. The van der Waals surface area contributed by atoms with E-state index in [-0.39, 0.29) is 12.4 Å². The lowest BCUT2D eigenvalue weighted by Crippen LogP contribution is -2.25. The van der Waals surface area contributed by atoms with Gasteiger partial charge in [-0.25, -0.2) is 0 Å². The smallest absolute Gasteiger partial charge is 0.326 e. The van der Waals surface area contributed by atoms with Crippen LogP contribution in [0.25, 0.3) is 0 Å². The first-order valence-electron chi connectivity index (χ1n) is 4.31. The monoisotopic (exact) mass is 208 g/mol. The van der Waals surface area contributed by atoms with Crippen molar-refractivity contribution in [2.45, 2.75) is 45.1 Å². The van der Waals surface area contributed by atoms with Crippen molar-refractivity contribution < 1.29 is 14.3 Å². The fourth-order valence-corrected chi connectivity index (χ4v) is 0.584. The van der Waals surface area contributed by atoms with E-state index < -0.39 is 11.3 Å². The second kappa shape index (κ2) is 5.45. The van der Waals surface area contributed by atoms with Gasteiger partial charge in [-0.15, -0.1) is 11.6 Å². The summed E-state index contributed by atoms with van der Waals surface area (Å²) in [6, 6.07) is 0.